The van der Waals surface area contributed by atoms with Gasteiger partial charge in [-0.25, -0.2) is 12.7 Å². The molecule has 2 aromatic rings. The van der Waals surface area contributed by atoms with Gasteiger partial charge in [0.1, 0.15) is 11.8 Å². The molecule has 0 radical (unpaired) electrons. The summed E-state index contributed by atoms with van der Waals surface area (Å²) in [5.74, 6) is 0.238. The number of benzene rings is 1. The van der Waals surface area contributed by atoms with Crippen molar-refractivity contribution >= 4 is 33.2 Å². The summed E-state index contributed by atoms with van der Waals surface area (Å²) in [6.45, 7) is 4.48. The predicted molar refractivity (Wildman–Crippen MR) is 120 cm³/mol. The smallest absolute Gasteiger partial charge is 0.247 e. The van der Waals surface area contributed by atoms with Crippen molar-refractivity contribution < 1.29 is 22.5 Å². The van der Waals surface area contributed by atoms with Crippen molar-refractivity contribution in [3.63, 3.8) is 0 Å². The highest BCUT2D eigenvalue weighted by Gasteiger charge is 2.30. The van der Waals surface area contributed by atoms with Gasteiger partial charge in [-0.05, 0) is 44.4 Å². The third kappa shape index (κ3) is 4.63. The van der Waals surface area contributed by atoms with Gasteiger partial charge in [-0.1, -0.05) is 11.2 Å². The Labute approximate surface area is 186 Å². The third-order valence-electron chi connectivity index (χ3n) is 5.89. The molecular weight excluding hydrogens is 434 g/mol. The SMILES string of the molecule is Cc1noc(C)c1-c1ccc(N[C@@H]2CCN(S(C)(=O)=O)C2)c(NC(=O)[C@H]2CCC(=O)N2)c1. The Morgan fingerprint density at radius 1 is 1.25 bits per heavy atom. The number of hydrogen-bond donors (Lipinski definition) is 3. The number of amides is 2. The monoisotopic (exact) mass is 461 g/mol. The van der Waals surface area contributed by atoms with Crippen LogP contribution < -0.4 is 16.0 Å². The highest BCUT2D eigenvalue weighted by molar-refractivity contribution is 7.88. The molecule has 2 aliphatic rings. The molecule has 0 aliphatic carbocycles. The summed E-state index contributed by atoms with van der Waals surface area (Å²) in [4.78, 5) is 24.3. The second-order valence-electron chi connectivity index (χ2n) is 8.36. The molecule has 10 nitrogen and oxygen atoms in total. The van der Waals surface area contributed by atoms with E-state index in [1.165, 1.54) is 10.6 Å². The molecule has 3 N–H and O–H groups in total. The van der Waals surface area contributed by atoms with E-state index in [-0.39, 0.29) is 17.9 Å². The van der Waals surface area contributed by atoms with E-state index in [0.717, 1.165) is 16.8 Å². The Hall–Kier alpha value is -2.92. The lowest BCUT2D eigenvalue weighted by molar-refractivity contribution is -0.122. The fourth-order valence-electron chi connectivity index (χ4n) is 4.22. The zero-order chi connectivity index (χ0) is 23.0. The van der Waals surface area contributed by atoms with Crippen LogP contribution in [0.4, 0.5) is 11.4 Å². The molecule has 0 spiro atoms. The van der Waals surface area contributed by atoms with Crippen molar-refractivity contribution in [2.45, 2.75) is 45.2 Å². The van der Waals surface area contributed by atoms with E-state index in [9.17, 15) is 18.0 Å². The van der Waals surface area contributed by atoms with Gasteiger partial charge in [0, 0.05) is 31.1 Å². The lowest BCUT2D eigenvalue weighted by Crippen LogP contribution is -2.37. The van der Waals surface area contributed by atoms with Gasteiger partial charge >= 0.3 is 0 Å². The Kier molecular flexibility index (Phi) is 5.95. The minimum atomic E-state index is -3.25. The number of sulfonamides is 1. The Morgan fingerprint density at radius 3 is 2.62 bits per heavy atom. The molecule has 1 aromatic heterocycles. The summed E-state index contributed by atoms with van der Waals surface area (Å²) in [5.41, 5.74) is 3.65. The molecule has 2 saturated heterocycles. The van der Waals surface area contributed by atoms with E-state index in [1.807, 2.05) is 32.0 Å². The zero-order valence-corrected chi connectivity index (χ0v) is 19.1. The lowest BCUT2D eigenvalue weighted by atomic mass is 10.0. The van der Waals surface area contributed by atoms with Gasteiger partial charge in [-0.2, -0.15) is 0 Å². The van der Waals surface area contributed by atoms with Crippen LogP contribution in [0.1, 0.15) is 30.7 Å². The molecule has 4 rings (SSSR count). The highest BCUT2D eigenvalue weighted by Crippen LogP contribution is 2.34. The zero-order valence-electron chi connectivity index (χ0n) is 18.3. The van der Waals surface area contributed by atoms with Crippen LogP contribution in [0.5, 0.6) is 0 Å². The first-order valence-corrected chi connectivity index (χ1v) is 12.4. The number of rotatable bonds is 6. The maximum atomic E-state index is 12.8. The van der Waals surface area contributed by atoms with Gasteiger partial charge in [0.05, 0.1) is 23.3 Å². The quantitative estimate of drug-likeness (QED) is 0.595. The van der Waals surface area contributed by atoms with E-state index in [1.54, 1.807) is 0 Å². The van der Waals surface area contributed by atoms with Crippen LogP contribution in [0, 0.1) is 13.8 Å². The molecule has 2 aliphatic heterocycles. The first-order valence-electron chi connectivity index (χ1n) is 10.5. The molecule has 1 aromatic carbocycles. The van der Waals surface area contributed by atoms with Gasteiger partial charge < -0.3 is 20.5 Å². The molecule has 0 saturated carbocycles. The number of nitrogens with one attached hydrogen (secondary N) is 3. The van der Waals surface area contributed by atoms with Crippen molar-refractivity contribution in [2.75, 3.05) is 30.0 Å². The Balaban J connectivity index is 1.61. The summed E-state index contributed by atoms with van der Waals surface area (Å²) in [6.07, 6.45) is 2.63. The Bertz CT molecular complexity index is 1140. The molecule has 2 atom stereocenters. The third-order valence-corrected chi connectivity index (χ3v) is 7.16. The van der Waals surface area contributed by atoms with E-state index in [0.29, 0.717) is 49.5 Å². The van der Waals surface area contributed by atoms with Crippen molar-refractivity contribution in [2.24, 2.45) is 0 Å². The summed E-state index contributed by atoms with van der Waals surface area (Å²) in [5, 5.41) is 13.0. The van der Waals surface area contributed by atoms with Crippen molar-refractivity contribution in [3.05, 3.63) is 29.7 Å². The first kappa shape index (κ1) is 22.3. The molecular formula is C21H27N5O5S. The van der Waals surface area contributed by atoms with Crippen LogP contribution in [0.25, 0.3) is 11.1 Å². The van der Waals surface area contributed by atoms with Crippen LogP contribution in [-0.4, -0.2) is 61.1 Å². The summed E-state index contributed by atoms with van der Waals surface area (Å²) < 4.78 is 30.4. The maximum Gasteiger partial charge on any atom is 0.247 e. The molecule has 2 fully saturated rings. The normalized spacial score (nSPS) is 21.5. The predicted octanol–water partition coefficient (Wildman–Crippen LogP) is 1.62. The second-order valence-corrected chi connectivity index (χ2v) is 10.3. The van der Waals surface area contributed by atoms with E-state index >= 15 is 0 Å². The summed E-state index contributed by atoms with van der Waals surface area (Å²) in [7, 11) is -3.25. The van der Waals surface area contributed by atoms with Gasteiger partial charge in [-0.15, -0.1) is 0 Å². The lowest BCUT2D eigenvalue weighted by Gasteiger charge is -2.20. The minimum absolute atomic E-state index is 0.0866. The average molecular weight is 462 g/mol. The Morgan fingerprint density at radius 2 is 2.03 bits per heavy atom. The van der Waals surface area contributed by atoms with Gasteiger partial charge in [-0.3, -0.25) is 9.59 Å². The molecule has 0 bridgehead atoms. The van der Waals surface area contributed by atoms with Crippen LogP contribution in [0.2, 0.25) is 0 Å². The first-order chi connectivity index (χ1) is 15.1. The number of nitrogens with zero attached hydrogens (tertiary/aromatic N) is 2. The number of carbonyl (C=O) groups excluding carboxylic acids is 2. The molecule has 32 heavy (non-hydrogen) atoms. The number of hydrogen-bond acceptors (Lipinski definition) is 7. The van der Waals surface area contributed by atoms with Gasteiger partial charge in [0.25, 0.3) is 0 Å². The van der Waals surface area contributed by atoms with E-state index < -0.39 is 16.1 Å². The van der Waals surface area contributed by atoms with Crippen molar-refractivity contribution in [3.8, 4) is 11.1 Å². The maximum absolute atomic E-state index is 12.8. The van der Waals surface area contributed by atoms with Crippen LogP contribution in [-0.2, 0) is 19.6 Å². The summed E-state index contributed by atoms with van der Waals surface area (Å²) in [6, 6.07) is 4.94. The molecule has 0 unspecified atom stereocenters. The van der Waals surface area contributed by atoms with Crippen LogP contribution >= 0.6 is 0 Å². The van der Waals surface area contributed by atoms with Crippen molar-refractivity contribution in [1.82, 2.24) is 14.8 Å². The number of carbonyl (C=O) groups is 2. The standard InChI is InChI=1S/C21H27N5O5S/c1-12-20(13(2)31-25-12)14-4-5-16(22-15-8-9-26(11-15)32(3,29)30)18(10-14)24-21(28)17-6-7-19(27)23-17/h4-5,10,15,17,22H,6-9,11H2,1-3H3,(H,23,27)(H,24,28)/t15-,17-/m1/s1. The number of aryl methyl sites for hydroxylation is 2. The van der Waals surface area contributed by atoms with E-state index in [2.05, 4.69) is 21.1 Å². The number of anilines is 2. The van der Waals surface area contributed by atoms with Crippen LogP contribution in [0.3, 0.4) is 0 Å². The van der Waals surface area contributed by atoms with E-state index in [4.69, 9.17) is 4.52 Å². The molecule has 3 heterocycles. The van der Waals surface area contributed by atoms with Crippen molar-refractivity contribution in [1.29, 1.82) is 0 Å². The van der Waals surface area contributed by atoms with Gasteiger partial charge in [0.15, 0.2) is 0 Å². The van der Waals surface area contributed by atoms with Crippen LogP contribution in [0.15, 0.2) is 22.7 Å². The van der Waals surface area contributed by atoms with Gasteiger partial charge in [0.2, 0.25) is 21.8 Å². The molecule has 2 amide bonds. The highest BCUT2D eigenvalue weighted by atomic mass is 32.2. The summed E-state index contributed by atoms with van der Waals surface area (Å²) >= 11 is 0. The fourth-order valence-corrected chi connectivity index (χ4v) is 5.11. The molecule has 172 valence electrons. The average Bonchev–Trinajstić information content (AvgIpc) is 3.44. The minimum Gasteiger partial charge on any atom is -0.379 e. The second kappa shape index (κ2) is 8.55. The number of aromatic nitrogens is 1. The topological polar surface area (TPSA) is 134 Å². The fraction of sp³-hybridized carbons (Fsp3) is 0.476. The largest absolute Gasteiger partial charge is 0.379 e. The molecule has 11 heteroatoms.